The molecule has 0 radical (unpaired) electrons. The van der Waals surface area contributed by atoms with Crippen LogP contribution in [0.25, 0.3) is 0 Å². The lowest BCUT2D eigenvalue weighted by Gasteiger charge is -2.21. The molecule has 0 saturated carbocycles. The molecule has 0 unspecified atom stereocenters. The van der Waals surface area contributed by atoms with Gasteiger partial charge in [-0.25, -0.2) is 4.79 Å². The molecule has 0 aliphatic carbocycles. The molecule has 2 aromatic rings. The zero-order chi connectivity index (χ0) is 17.4. The van der Waals surface area contributed by atoms with E-state index in [2.05, 4.69) is 5.32 Å². The third-order valence-corrected chi connectivity index (χ3v) is 4.14. The first-order chi connectivity index (χ1) is 11.6. The van der Waals surface area contributed by atoms with Crippen LogP contribution in [0.3, 0.4) is 0 Å². The molecule has 0 aliphatic heterocycles. The van der Waals surface area contributed by atoms with Crippen molar-refractivity contribution < 1.29 is 9.53 Å². The Morgan fingerprint density at radius 1 is 1.04 bits per heavy atom. The first kappa shape index (κ1) is 18.1. The summed E-state index contributed by atoms with van der Waals surface area (Å²) in [5, 5.41) is 3.07. The highest BCUT2D eigenvalue weighted by Gasteiger charge is 2.22. The van der Waals surface area contributed by atoms with Crippen LogP contribution < -0.4 is 11.1 Å². The van der Waals surface area contributed by atoms with Gasteiger partial charge in [0.05, 0.1) is 18.1 Å². The Bertz CT molecular complexity index is 662. The first-order valence-corrected chi connectivity index (χ1v) is 8.22. The van der Waals surface area contributed by atoms with Crippen LogP contribution in [0.4, 0.5) is 0 Å². The van der Waals surface area contributed by atoms with Gasteiger partial charge in [0.15, 0.2) is 0 Å². The van der Waals surface area contributed by atoms with E-state index in [-0.39, 0.29) is 12.0 Å². The third kappa shape index (κ3) is 5.44. The van der Waals surface area contributed by atoms with E-state index in [1.54, 1.807) is 0 Å². The number of hydrogen-bond donors (Lipinski definition) is 2. The summed E-state index contributed by atoms with van der Waals surface area (Å²) in [6.45, 7) is 0. The second-order valence-corrected chi connectivity index (χ2v) is 6.01. The van der Waals surface area contributed by atoms with Crippen LogP contribution in [-0.2, 0) is 22.4 Å². The summed E-state index contributed by atoms with van der Waals surface area (Å²) in [6.07, 6.45) is 1.11. The highest BCUT2D eigenvalue weighted by molar-refractivity contribution is 7.80. The highest BCUT2D eigenvalue weighted by Crippen LogP contribution is 2.07. The van der Waals surface area contributed by atoms with Gasteiger partial charge in [-0.1, -0.05) is 72.9 Å². The molecule has 2 rings (SSSR count). The average Bonchev–Trinajstić information content (AvgIpc) is 2.62. The van der Waals surface area contributed by atoms with E-state index < -0.39 is 6.04 Å². The molecule has 0 amide bonds. The molecule has 2 aromatic carbocycles. The summed E-state index contributed by atoms with van der Waals surface area (Å²) in [7, 11) is 1.37. The number of carbonyl (C=O) groups excluding carboxylic acids is 1. The molecule has 5 heteroatoms. The van der Waals surface area contributed by atoms with Crippen molar-refractivity contribution in [3.63, 3.8) is 0 Å². The van der Waals surface area contributed by atoms with Gasteiger partial charge in [0, 0.05) is 6.42 Å². The molecule has 0 saturated heterocycles. The Morgan fingerprint density at radius 3 is 2.04 bits per heavy atom. The Balaban J connectivity index is 2.00. The quantitative estimate of drug-likeness (QED) is 0.597. The zero-order valence-corrected chi connectivity index (χ0v) is 14.5. The van der Waals surface area contributed by atoms with Crippen molar-refractivity contribution in [1.29, 1.82) is 0 Å². The van der Waals surface area contributed by atoms with Crippen molar-refractivity contribution in [3.05, 3.63) is 71.8 Å². The molecule has 0 spiro atoms. The van der Waals surface area contributed by atoms with Crippen LogP contribution in [0, 0.1) is 0 Å². The molecule has 0 fully saturated rings. The van der Waals surface area contributed by atoms with Crippen LogP contribution in [-0.4, -0.2) is 30.2 Å². The predicted octanol–water partition coefficient (Wildman–Crippen LogP) is 2.26. The Hall–Kier alpha value is -2.24. The van der Waals surface area contributed by atoms with Crippen LogP contribution in [0.1, 0.15) is 11.1 Å². The van der Waals surface area contributed by atoms with Crippen molar-refractivity contribution in [2.24, 2.45) is 5.73 Å². The number of ether oxygens (including phenoxy) is 1. The number of carbonyl (C=O) groups is 1. The molecule has 24 heavy (non-hydrogen) atoms. The number of thiocarbonyl (C=S) groups is 1. The Kier molecular flexibility index (Phi) is 6.90. The van der Waals surface area contributed by atoms with E-state index in [0.717, 1.165) is 11.1 Å². The molecule has 0 bridgehead atoms. The number of nitrogens with one attached hydrogen (secondary N) is 1. The SMILES string of the molecule is COC(=O)[C@H](Cc1ccccc1)NC(=S)[C@@H](N)Cc1ccccc1. The summed E-state index contributed by atoms with van der Waals surface area (Å²) in [5.41, 5.74) is 8.31. The van der Waals surface area contributed by atoms with E-state index in [1.165, 1.54) is 7.11 Å². The van der Waals surface area contributed by atoms with E-state index in [4.69, 9.17) is 22.7 Å². The molecular formula is C19H22N2O2S. The maximum absolute atomic E-state index is 12.0. The maximum atomic E-state index is 12.0. The standard InChI is InChI=1S/C19H22N2O2S/c1-23-19(22)17(13-15-10-6-3-7-11-15)21-18(24)16(20)12-14-8-4-2-5-9-14/h2-11,16-17H,12-13,20H2,1H3,(H,21,24)/t16-,17-/m0/s1. The highest BCUT2D eigenvalue weighted by atomic mass is 32.1. The van der Waals surface area contributed by atoms with Crippen LogP contribution >= 0.6 is 12.2 Å². The fraction of sp³-hybridized carbons (Fsp3) is 0.263. The molecule has 0 aliphatic rings. The normalized spacial score (nSPS) is 12.9. The summed E-state index contributed by atoms with van der Waals surface area (Å²) in [6, 6.07) is 18.7. The second-order valence-electron chi connectivity index (χ2n) is 5.57. The molecule has 3 N–H and O–H groups in total. The fourth-order valence-corrected chi connectivity index (χ4v) is 2.65. The molecule has 0 aromatic heterocycles. The minimum atomic E-state index is -0.549. The zero-order valence-electron chi connectivity index (χ0n) is 13.6. The molecule has 0 heterocycles. The second kappa shape index (κ2) is 9.15. The minimum Gasteiger partial charge on any atom is -0.467 e. The van der Waals surface area contributed by atoms with E-state index >= 15 is 0 Å². The van der Waals surface area contributed by atoms with Gasteiger partial charge < -0.3 is 15.8 Å². The van der Waals surface area contributed by atoms with Gasteiger partial charge in [0.2, 0.25) is 0 Å². The van der Waals surface area contributed by atoms with Crippen LogP contribution in [0.5, 0.6) is 0 Å². The maximum Gasteiger partial charge on any atom is 0.328 e. The van der Waals surface area contributed by atoms with E-state index in [9.17, 15) is 4.79 Å². The van der Waals surface area contributed by atoms with Gasteiger partial charge in [-0.2, -0.15) is 0 Å². The lowest BCUT2D eigenvalue weighted by Crippen LogP contribution is -2.49. The van der Waals surface area contributed by atoms with Gasteiger partial charge in [-0.3, -0.25) is 0 Å². The van der Waals surface area contributed by atoms with Crippen LogP contribution in [0.2, 0.25) is 0 Å². The largest absolute Gasteiger partial charge is 0.467 e. The summed E-state index contributed by atoms with van der Waals surface area (Å²) >= 11 is 5.39. The number of benzene rings is 2. The number of esters is 1. The van der Waals surface area contributed by atoms with Gasteiger partial charge in [-0.15, -0.1) is 0 Å². The number of rotatable bonds is 7. The summed E-state index contributed by atoms with van der Waals surface area (Å²) < 4.78 is 4.88. The monoisotopic (exact) mass is 342 g/mol. The van der Waals surface area contributed by atoms with Gasteiger partial charge in [-0.05, 0) is 17.5 Å². The van der Waals surface area contributed by atoms with Crippen molar-refractivity contribution >= 4 is 23.2 Å². The van der Waals surface area contributed by atoms with E-state index in [1.807, 2.05) is 60.7 Å². The van der Waals surface area contributed by atoms with Gasteiger partial charge >= 0.3 is 5.97 Å². The molecule has 4 nitrogen and oxygen atoms in total. The Labute approximate surface area is 148 Å². The molecule has 126 valence electrons. The lowest BCUT2D eigenvalue weighted by molar-refractivity contribution is -0.142. The Morgan fingerprint density at radius 2 is 1.54 bits per heavy atom. The fourth-order valence-electron chi connectivity index (χ4n) is 2.42. The summed E-state index contributed by atoms with van der Waals surface area (Å²) in [4.78, 5) is 12.5. The lowest BCUT2D eigenvalue weighted by atomic mass is 10.0. The van der Waals surface area contributed by atoms with Gasteiger partial charge in [0.25, 0.3) is 0 Å². The molecule has 2 atom stereocenters. The number of methoxy groups -OCH3 is 1. The number of nitrogens with two attached hydrogens (primary N) is 1. The van der Waals surface area contributed by atoms with Crippen molar-refractivity contribution in [2.75, 3.05) is 7.11 Å². The van der Waals surface area contributed by atoms with Crippen molar-refractivity contribution in [3.8, 4) is 0 Å². The first-order valence-electron chi connectivity index (χ1n) is 7.81. The van der Waals surface area contributed by atoms with Gasteiger partial charge in [0.1, 0.15) is 6.04 Å². The number of hydrogen-bond acceptors (Lipinski definition) is 4. The minimum absolute atomic E-state index is 0.354. The molecular weight excluding hydrogens is 320 g/mol. The third-order valence-electron chi connectivity index (χ3n) is 3.72. The van der Waals surface area contributed by atoms with Crippen LogP contribution in [0.15, 0.2) is 60.7 Å². The van der Waals surface area contributed by atoms with E-state index in [0.29, 0.717) is 17.8 Å². The topological polar surface area (TPSA) is 64.3 Å². The summed E-state index contributed by atoms with van der Waals surface area (Å²) in [5.74, 6) is -0.354. The van der Waals surface area contributed by atoms with Crippen molar-refractivity contribution in [2.45, 2.75) is 24.9 Å². The van der Waals surface area contributed by atoms with Crippen molar-refractivity contribution in [1.82, 2.24) is 5.32 Å². The smallest absolute Gasteiger partial charge is 0.328 e. The average molecular weight is 342 g/mol. The predicted molar refractivity (Wildman–Crippen MR) is 99.8 cm³/mol.